The minimum atomic E-state index is -0.442. The third-order valence-corrected chi connectivity index (χ3v) is 5.02. The number of anilines is 1. The monoisotopic (exact) mass is 481 g/mol. The zero-order chi connectivity index (χ0) is 18.7. The molecule has 0 saturated carbocycles. The fraction of sp³-hybridized carbons (Fsp3) is 0.235. The van der Waals surface area contributed by atoms with Crippen molar-refractivity contribution in [3.8, 4) is 5.75 Å². The molecule has 7 nitrogen and oxygen atoms in total. The lowest BCUT2D eigenvalue weighted by atomic mass is 10.3. The van der Waals surface area contributed by atoms with Gasteiger partial charge in [-0.15, -0.1) is 0 Å². The van der Waals surface area contributed by atoms with Crippen LogP contribution in [0, 0.1) is 6.92 Å². The zero-order valence-corrected chi connectivity index (χ0v) is 17.4. The van der Waals surface area contributed by atoms with Gasteiger partial charge in [0.1, 0.15) is 11.8 Å². The highest BCUT2D eigenvalue weighted by Crippen LogP contribution is 2.19. The Hall–Kier alpha value is -2.13. The van der Waals surface area contributed by atoms with Crippen molar-refractivity contribution in [2.45, 2.75) is 26.6 Å². The van der Waals surface area contributed by atoms with E-state index < -0.39 is 6.04 Å². The second-order valence-corrected chi connectivity index (χ2v) is 7.47. The smallest absolute Gasteiger partial charge is 0.249 e. The Morgan fingerprint density at radius 3 is 2.65 bits per heavy atom. The van der Waals surface area contributed by atoms with Crippen molar-refractivity contribution in [3.05, 3.63) is 57.5 Å². The zero-order valence-electron chi connectivity index (χ0n) is 14.2. The number of amides is 1. The summed E-state index contributed by atoms with van der Waals surface area (Å²) in [6.07, 6.45) is 5.09. The van der Waals surface area contributed by atoms with E-state index >= 15 is 0 Å². The number of rotatable bonds is 6. The maximum atomic E-state index is 12.4. The normalized spacial score (nSPS) is 12.0. The van der Waals surface area contributed by atoms with Crippen LogP contribution < -0.4 is 10.1 Å². The van der Waals surface area contributed by atoms with Gasteiger partial charge >= 0.3 is 0 Å². The summed E-state index contributed by atoms with van der Waals surface area (Å²) in [6.45, 7) is 3.91. The van der Waals surface area contributed by atoms with Crippen LogP contribution in [0.5, 0.6) is 5.75 Å². The fourth-order valence-electron chi connectivity index (χ4n) is 2.19. The topological polar surface area (TPSA) is 74.0 Å². The largest absolute Gasteiger partial charge is 0.471 e. The molecule has 0 bridgehead atoms. The molecule has 2 heterocycles. The van der Waals surface area contributed by atoms with Crippen molar-refractivity contribution in [1.82, 2.24) is 19.6 Å². The van der Waals surface area contributed by atoms with E-state index in [1.807, 2.05) is 31.2 Å². The molecule has 1 amide bonds. The van der Waals surface area contributed by atoms with E-state index in [-0.39, 0.29) is 12.6 Å². The predicted molar refractivity (Wildman–Crippen MR) is 105 cm³/mol. The van der Waals surface area contributed by atoms with Crippen LogP contribution in [0.3, 0.4) is 0 Å². The van der Waals surface area contributed by atoms with E-state index in [1.54, 1.807) is 34.9 Å². The summed E-state index contributed by atoms with van der Waals surface area (Å²) in [7, 11) is 0. The average molecular weight is 483 g/mol. The van der Waals surface area contributed by atoms with Gasteiger partial charge in [0, 0.05) is 10.7 Å². The number of hydrogen-bond acceptors (Lipinski definition) is 4. The molecule has 1 N–H and O–H groups in total. The summed E-state index contributed by atoms with van der Waals surface area (Å²) in [5.74, 6) is 0.566. The van der Waals surface area contributed by atoms with Gasteiger partial charge in [-0.05, 0) is 54.0 Å². The molecule has 0 fully saturated rings. The second-order valence-electron chi connectivity index (χ2n) is 5.70. The summed E-state index contributed by atoms with van der Waals surface area (Å²) in [5, 5.41) is 11.3. The van der Waals surface area contributed by atoms with Gasteiger partial charge in [-0.25, -0.2) is 4.68 Å². The summed E-state index contributed by atoms with van der Waals surface area (Å²) < 4.78 is 10.7. The van der Waals surface area contributed by atoms with Crippen LogP contribution >= 0.6 is 31.9 Å². The highest BCUT2D eigenvalue weighted by Gasteiger charge is 2.17. The first kappa shape index (κ1) is 18.7. The van der Waals surface area contributed by atoms with E-state index in [4.69, 9.17) is 4.74 Å². The summed E-state index contributed by atoms with van der Waals surface area (Å²) in [6, 6.07) is 7.09. The Kier molecular flexibility index (Phi) is 5.77. The molecule has 0 aliphatic carbocycles. The Balaban J connectivity index is 1.57. The van der Waals surface area contributed by atoms with Crippen LogP contribution in [-0.2, 0) is 11.5 Å². The van der Waals surface area contributed by atoms with Crippen molar-refractivity contribution in [2.24, 2.45) is 0 Å². The first-order valence-corrected chi connectivity index (χ1v) is 9.44. The second kappa shape index (κ2) is 8.05. The summed E-state index contributed by atoms with van der Waals surface area (Å²) >= 11 is 6.78. The molecule has 26 heavy (non-hydrogen) atoms. The van der Waals surface area contributed by atoms with E-state index in [0.29, 0.717) is 5.69 Å². The molecule has 1 unspecified atom stereocenters. The number of benzene rings is 1. The number of aryl methyl sites for hydroxylation is 1. The number of nitrogens with one attached hydrogen (secondary N) is 1. The van der Waals surface area contributed by atoms with Crippen molar-refractivity contribution in [3.63, 3.8) is 0 Å². The number of ether oxygens (including phenoxy) is 1. The standard InChI is InChI=1S/C17H17Br2N5O2/c1-11-16(19)9-24(22-11)12(2)17(25)21-14-7-20-23(8-14)10-26-15-5-3-13(18)4-6-15/h3-9,12H,10H2,1-2H3,(H,21,25). The lowest BCUT2D eigenvalue weighted by Crippen LogP contribution is -2.24. The molecule has 9 heteroatoms. The van der Waals surface area contributed by atoms with Gasteiger partial charge < -0.3 is 10.1 Å². The molecule has 0 aliphatic heterocycles. The number of carbonyl (C=O) groups excluding carboxylic acids is 1. The average Bonchev–Trinajstić information content (AvgIpc) is 3.20. The lowest BCUT2D eigenvalue weighted by molar-refractivity contribution is -0.119. The van der Waals surface area contributed by atoms with E-state index in [2.05, 4.69) is 47.4 Å². The van der Waals surface area contributed by atoms with Gasteiger partial charge in [-0.2, -0.15) is 10.2 Å². The van der Waals surface area contributed by atoms with Crippen molar-refractivity contribution in [2.75, 3.05) is 5.32 Å². The molecule has 0 saturated heterocycles. The van der Waals surface area contributed by atoms with Gasteiger partial charge in [0.15, 0.2) is 6.73 Å². The van der Waals surface area contributed by atoms with Gasteiger partial charge in [-0.3, -0.25) is 9.48 Å². The van der Waals surface area contributed by atoms with E-state index in [1.165, 1.54) is 0 Å². The molecule has 1 aromatic carbocycles. The van der Waals surface area contributed by atoms with Crippen LogP contribution in [0.4, 0.5) is 5.69 Å². The van der Waals surface area contributed by atoms with E-state index in [0.717, 1.165) is 20.4 Å². The van der Waals surface area contributed by atoms with Crippen LogP contribution in [0.1, 0.15) is 18.7 Å². The molecular formula is C17H17Br2N5O2. The number of hydrogen-bond donors (Lipinski definition) is 1. The van der Waals surface area contributed by atoms with Crippen molar-refractivity contribution >= 4 is 43.5 Å². The maximum absolute atomic E-state index is 12.4. The van der Waals surface area contributed by atoms with Gasteiger partial charge in [-0.1, -0.05) is 15.9 Å². The number of carbonyl (C=O) groups is 1. The molecule has 0 radical (unpaired) electrons. The van der Waals surface area contributed by atoms with Crippen LogP contribution in [0.15, 0.2) is 51.8 Å². The van der Waals surface area contributed by atoms with Gasteiger partial charge in [0.25, 0.3) is 0 Å². The van der Waals surface area contributed by atoms with Crippen molar-refractivity contribution in [1.29, 1.82) is 0 Å². The molecule has 136 valence electrons. The molecular weight excluding hydrogens is 466 g/mol. The minimum absolute atomic E-state index is 0.173. The predicted octanol–water partition coefficient (Wildman–Crippen LogP) is 4.15. The quantitative estimate of drug-likeness (QED) is 0.572. The minimum Gasteiger partial charge on any atom is -0.471 e. The third kappa shape index (κ3) is 4.53. The fourth-order valence-corrected chi connectivity index (χ4v) is 2.75. The van der Waals surface area contributed by atoms with Crippen LogP contribution in [0.2, 0.25) is 0 Å². The maximum Gasteiger partial charge on any atom is 0.249 e. The first-order valence-electron chi connectivity index (χ1n) is 7.85. The van der Waals surface area contributed by atoms with Crippen LogP contribution in [-0.4, -0.2) is 25.5 Å². The Bertz CT molecular complexity index is 885. The van der Waals surface area contributed by atoms with Gasteiger partial charge in [0.05, 0.1) is 28.2 Å². The molecule has 1 atom stereocenters. The SMILES string of the molecule is Cc1nn(C(C)C(=O)Nc2cnn(COc3ccc(Br)cc3)c2)cc1Br. The molecule has 2 aromatic heterocycles. The van der Waals surface area contributed by atoms with Crippen molar-refractivity contribution < 1.29 is 9.53 Å². The Labute approximate surface area is 167 Å². The summed E-state index contributed by atoms with van der Waals surface area (Å²) in [4.78, 5) is 12.4. The molecule has 0 aliphatic rings. The Morgan fingerprint density at radius 2 is 2.00 bits per heavy atom. The summed E-state index contributed by atoms with van der Waals surface area (Å²) in [5.41, 5.74) is 1.44. The Morgan fingerprint density at radius 1 is 1.27 bits per heavy atom. The molecule has 3 aromatic rings. The molecule has 3 rings (SSSR count). The highest BCUT2D eigenvalue weighted by atomic mass is 79.9. The van der Waals surface area contributed by atoms with Crippen LogP contribution in [0.25, 0.3) is 0 Å². The number of aromatic nitrogens is 4. The number of halogens is 2. The molecule has 0 spiro atoms. The van der Waals surface area contributed by atoms with E-state index in [9.17, 15) is 4.79 Å². The third-order valence-electron chi connectivity index (χ3n) is 3.71. The first-order chi connectivity index (χ1) is 12.4. The highest BCUT2D eigenvalue weighted by molar-refractivity contribution is 9.10. The number of nitrogens with zero attached hydrogens (tertiary/aromatic N) is 4. The lowest BCUT2D eigenvalue weighted by Gasteiger charge is -2.11. The van der Waals surface area contributed by atoms with Gasteiger partial charge in [0.2, 0.25) is 5.91 Å².